The number of rotatable bonds is 9. The van der Waals surface area contributed by atoms with Crippen LogP contribution in [0.3, 0.4) is 0 Å². The first-order valence-corrected chi connectivity index (χ1v) is 15.8. The fourth-order valence-corrected chi connectivity index (χ4v) is 7.08. The quantitative estimate of drug-likeness (QED) is 0.240. The van der Waals surface area contributed by atoms with Gasteiger partial charge in [0.25, 0.3) is 5.91 Å². The predicted octanol–water partition coefficient (Wildman–Crippen LogP) is 5.23. The van der Waals surface area contributed by atoms with E-state index in [2.05, 4.69) is 30.7 Å². The Morgan fingerprint density at radius 1 is 1.02 bits per heavy atom. The maximum absolute atomic E-state index is 14.1. The second kappa shape index (κ2) is 14.4. The highest BCUT2D eigenvalue weighted by Gasteiger charge is 2.43. The molecule has 0 spiro atoms. The van der Waals surface area contributed by atoms with Gasteiger partial charge in [-0.05, 0) is 90.2 Å². The molecule has 2 N–H and O–H groups in total. The van der Waals surface area contributed by atoms with Crippen LogP contribution in [0.1, 0.15) is 47.2 Å². The molecule has 2 amide bonds. The average molecular weight is 702 g/mol. The summed E-state index contributed by atoms with van der Waals surface area (Å²) in [6, 6.07) is 14.8. The number of likely N-dealkylation sites (tertiary alicyclic amines) is 2. The highest BCUT2D eigenvalue weighted by atomic mass is 35.5. The number of carbonyl (C=O) groups is 2. The second-order valence-corrected chi connectivity index (χ2v) is 12.7. The first kappa shape index (κ1) is 34.4. The molecule has 2 aliphatic rings. The van der Waals surface area contributed by atoms with Crippen molar-refractivity contribution in [3.8, 4) is 11.4 Å². The van der Waals surface area contributed by atoms with Gasteiger partial charge in [0.1, 0.15) is 12.1 Å². The fraction of sp³-hybridized carbons (Fsp3) is 0.375. The van der Waals surface area contributed by atoms with Gasteiger partial charge in [0.15, 0.2) is 0 Å². The number of halogens is 3. The number of methoxy groups -OCH3 is 1. The molecule has 47 heavy (non-hydrogen) atoms. The Hall–Kier alpha value is -3.97. The molecule has 0 unspecified atom stereocenters. The molecule has 0 bridgehead atoms. The van der Waals surface area contributed by atoms with Gasteiger partial charge in [-0.1, -0.05) is 35.3 Å². The van der Waals surface area contributed by atoms with Crippen molar-refractivity contribution in [2.75, 3.05) is 39.8 Å². The van der Waals surface area contributed by atoms with Crippen LogP contribution in [0.5, 0.6) is 5.75 Å². The number of ether oxygens (including phenoxy) is 1. The third-order valence-electron chi connectivity index (χ3n) is 9.38. The zero-order chi connectivity index (χ0) is 32.3. The van der Waals surface area contributed by atoms with Crippen LogP contribution in [0.4, 0.5) is 4.79 Å². The van der Waals surface area contributed by atoms with E-state index in [1.165, 1.54) is 11.0 Å². The van der Waals surface area contributed by atoms with Crippen molar-refractivity contribution in [3.63, 3.8) is 0 Å². The summed E-state index contributed by atoms with van der Waals surface area (Å²) >= 11 is 12.8. The lowest BCUT2D eigenvalue weighted by molar-refractivity contribution is 0.0773. The Bertz CT molecular complexity index is 1700. The van der Waals surface area contributed by atoms with Crippen LogP contribution in [0.15, 0.2) is 67.3 Å². The Morgan fingerprint density at radius 3 is 2.49 bits per heavy atom. The maximum atomic E-state index is 14.1. The van der Waals surface area contributed by atoms with E-state index in [9.17, 15) is 14.7 Å². The van der Waals surface area contributed by atoms with Crippen LogP contribution in [0.2, 0.25) is 10.0 Å². The molecule has 2 aromatic carbocycles. The Kier molecular flexibility index (Phi) is 10.5. The number of nitrogens with one attached hydrogen (secondary N) is 1. The molecular formula is C32H35Cl3N8O4. The Morgan fingerprint density at radius 2 is 1.83 bits per heavy atom. The summed E-state index contributed by atoms with van der Waals surface area (Å²) in [6.45, 7) is 3.20. The Balaban J connectivity index is 0.00000433. The lowest BCUT2D eigenvalue weighted by Crippen LogP contribution is -2.53. The molecule has 6 rings (SSSR count). The molecule has 4 aromatic rings. The largest absolute Gasteiger partial charge is 0.496 e. The number of nitrogens with zero attached hydrogens (tertiary/aromatic N) is 7. The van der Waals surface area contributed by atoms with Crippen molar-refractivity contribution in [2.45, 2.75) is 36.6 Å². The molecule has 15 heteroatoms. The molecule has 2 saturated heterocycles. The van der Waals surface area contributed by atoms with Crippen LogP contribution in [0.25, 0.3) is 5.69 Å². The monoisotopic (exact) mass is 700 g/mol. The van der Waals surface area contributed by atoms with Gasteiger partial charge in [0, 0.05) is 44.0 Å². The minimum atomic E-state index is -1.05. The number of carboxylic acid groups (broad SMARTS) is 1. The van der Waals surface area contributed by atoms with Crippen molar-refractivity contribution in [2.24, 2.45) is 0 Å². The topological polar surface area (TPSA) is 139 Å². The lowest BCUT2D eigenvalue weighted by Gasteiger charge is -2.43. The standard InChI is InChI=1S/C32H34Cl2N8O4.ClH/c1-46-28-7-5-24(42-21-36-38-39-42)18-25(28)29(43)41-16-9-31(20-41,22-4-6-26(33)27(34)17-22)8-13-40-14-10-32(11-15-40,37-30(44)45)23-3-2-12-35-19-23;/h2-7,12,17-19,21,37H,8-11,13-16,20H2,1H3,(H,44,45);1H/t31-;/m0./s1. The summed E-state index contributed by atoms with van der Waals surface area (Å²) in [6.07, 6.45) is 6.59. The normalized spacial score (nSPS) is 19.2. The number of piperidine rings is 1. The number of aromatic nitrogens is 5. The van der Waals surface area contributed by atoms with Crippen LogP contribution in [0, 0.1) is 0 Å². The van der Waals surface area contributed by atoms with E-state index < -0.39 is 11.6 Å². The van der Waals surface area contributed by atoms with Crippen LogP contribution < -0.4 is 10.1 Å². The first-order valence-electron chi connectivity index (χ1n) is 15.0. The Labute approximate surface area is 288 Å². The number of pyridine rings is 1. The minimum Gasteiger partial charge on any atom is -0.496 e. The summed E-state index contributed by atoms with van der Waals surface area (Å²) in [5.74, 6) is 0.321. The van der Waals surface area contributed by atoms with E-state index in [0.717, 1.165) is 30.5 Å². The van der Waals surface area contributed by atoms with Gasteiger partial charge in [0.2, 0.25) is 0 Å². The summed E-state index contributed by atoms with van der Waals surface area (Å²) in [7, 11) is 1.54. The smallest absolute Gasteiger partial charge is 0.405 e. The minimum absolute atomic E-state index is 0. The first-order chi connectivity index (χ1) is 22.2. The van der Waals surface area contributed by atoms with E-state index in [1.54, 1.807) is 37.7 Å². The summed E-state index contributed by atoms with van der Waals surface area (Å²) in [5, 5.41) is 24.7. The molecular weight excluding hydrogens is 667 g/mol. The van der Waals surface area contributed by atoms with E-state index in [1.807, 2.05) is 35.2 Å². The molecule has 0 aliphatic carbocycles. The SMILES string of the molecule is COc1ccc(-n2cnnn2)cc1C(=O)N1CC[C@](CCN2CCC(NC(=O)O)(c3cccnc3)CC2)(c2ccc(Cl)c(Cl)c2)C1.Cl. The maximum Gasteiger partial charge on any atom is 0.405 e. The van der Waals surface area contributed by atoms with E-state index in [0.29, 0.717) is 66.1 Å². The highest BCUT2D eigenvalue weighted by molar-refractivity contribution is 6.42. The van der Waals surface area contributed by atoms with Gasteiger partial charge in [-0.2, -0.15) is 0 Å². The summed E-state index contributed by atoms with van der Waals surface area (Å²) in [4.78, 5) is 34.3. The van der Waals surface area contributed by atoms with E-state index in [-0.39, 0.29) is 23.7 Å². The fourth-order valence-electron chi connectivity index (χ4n) is 6.78. The number of carbonyl (C=O) groups excluding carboxylic acids is 1. The molecule has 0 radical (unpaired) electrons. The van der Waals surface area contributed by atoms with Crippen molar-refractivity contribution in [1.82, 2.24) is 40.3 Å². The van der Waals surface area contributed by atoms with Crippen LogP contribution >= 0.6 is 35.6 Å². The number of hydrogen-bond donors (Lipinski definition) is 2. The van der Waals surface area contributed by atoms with Crippen molar-refractivity contribution in [3.05, 3.63) is 94.0 Å². The lowest BCUT2D eigenvalue weighted by atomic mass is 9.76. The average Bonchev–Trinajstić information content (AvgIpc) is 3.77. The molecule has 4 heterocycles. The second-order valence-electron chi connectivity index (χ2n) is 11.9. The highest BCUT2D eigenvalue weighted by Crippen LogP contribution is 2.42. The van der Waals surface area contributed by atoms with E-state index >= 15 is 0 Å². The predicted molar refractivity (Wildman–Crippen MR) is 179 cm³/mol. The van der Waals surface area contributed by atoms with Crippen molar-refractivity contribution < 1.29 is 19.4 Å². The molecule has 2 aromatic heterocycles. The zero-order valence-corrected chi connectivity index (χ0v) is 28.0. The van der Waals surface area contributed by atoms with Crippen LogP contribution in [-0.2, 0) is 11.0 Å². The summed E-state index contributed by atoms with van der Waals surface area (Å²) in [5.41, 5.74) is 1.91. The molecule has 0 saturated carbocycles. The van der Waals surface area contributed by atoms with Gasteiger partial charge >= 0.3 is 6.09 Å². The van der Waals surface area contributed by atoms with Gasteiger partial charge in [-0.25, -0.2) is 9.48 Å². The van der Waals surface area contributed by atoms with Gasteiger partial charge in [-0.15, -0.1) is 17.5 Å². The number of hydrogen-bond acceptors (Lipinski definition) is 8. The molecule has 2 aliphatic heterocycles. The van der Waals surface area contributed by atoms with E-state index in [4.69, 9.17) is 27.9 Å². The van der Waals surface area contributed by atoms with Crippen LogP contribution in [-0.4, -0.2) is 91.9 Å². The molecule has 12 nitrogen and oxygen atoms in total. The third-order valence-corrected chi connectivity index (χ3v) is 10.1. The summed E-state index contributed by atoms with van der Waals surface area (Å²) < 4.78 is 7.06. The number of amides is 2. The number of tetrazole rings is 1. The molecule has 2 fully saturated rings. The molecule has 1 atom stereocenters. The zero-order valence-electron chi connectivity index (χ0n) is 25.7. The third kappa shape index (κ3) is 7.15. The number of benzene rings is 2. The van der Waals surface area contributed by atoms with Gasteiger partial charge in [-0.3, -0.25) is 9.78 Å². The van der Waals surface area contributed by atoms with Gasteiger partial charge < -0.3 is 25.0 Å². The van der Waals surface area contributed by atoms with Crippen molar-refractivity contribution in [1.29, 1.82) is 0 Å². The molecule has 248 valence electrons. The van der Waals surface area contributed by atoms with Gasteiger partial charge in [0.05, 0.1) is 33.9 Å². The van der Waals surface area contributed by atoms with Crippen molar-refractivity contribution >= 4 is 47.6 Å².